The molecule has 0 unspecified atom stereocenters. The highest BCUT2D eigenvalue weighted by atomic mass is 35.5. The fourth-order valence-electron chi connectivity index (χ4n) is 4.97. The molecule has 2 fully saturated rings. The van der Waals surface area contributed by atoms with Gasteiger partial charge in [-0.25, -0.2) is 0 Å². The van der Waals surface area contributed by atoms with E-state index in [-0.39, 0.29) is 29.7 Å². The van der Waals surface area contributed by atoms with Crippen molar-refractivity contribution in [1.82, 2.24) is 20.4 Å². The summed E-state index contributed by atoms with van der Waals surface area (Å²) in [4.78, 5) is 32.1. The molecule has 1 saturated carbocycles. The van der Waals surface area contributed by atoms with Crippen LogP contribution in [0.2, 0.25) is 5.02 Å². The Hall–Kier alpha value is -2.61. The van der Waals surface area contributed by atoms with Crippen LogP contribution in [-0.4, -0.2) is 53.1 Å². The highest BCUT2D eigenvalue weighted by Crippen LogP contribution is 2.50. The van der Waals surface area contributed by atoms with Crippen molar-refractivity contribution in [3.63, 3.8) is 0 Å². The lowest BCUT2D eigenvalue weighted by Crippen LogP contribution is -2.40. The van der Waals surface area contributed by atoms with Crippen molar-refractivity contribution in [2.24, 2.45) is 11.8 Å². The molecule has 2 aliphatic rings. The van der Waals surface area contributed by atoms with Gasteiger partial charge in [-0.2, -0.15) is 4.98 Å². The van der Waals surface area contributed by atoms with Gasteiger partial charge in [-0.3, -0.25) is 9.59 Å². The Balaban J connectivity index is 1.57. The van der Waals surface area contributed by atoms with Crippen molar-refractivity contribution in [3.05, 3.63) is 40.5 Å². The van der Waals surface area contributed by atoms with Crippen LogP contribution < -0.4 is 10.1 Å². The molecule has 9 heteroatoms. The van der Waals surface area contributed by atoms with Gasteiger partial charge in [0.25, 0.3) is 5.91 Å². The van der Waals surface area contributed by atoms with Gasteiger partial charge in [0.05, 0.1) is 18.1 Å². The zero-order chi connectivity index (χ0) is 22.3. The second kappa shape index (κ2) is 8.15. The van der Waals surface area contributed by atoms with Gasteiger partial charge in [0.2, 0.25) is 11.8 Å². The predicted molar refractivity (Wildman–Crippen MR) is 114 cm³/mol. The molecule has 31 heavy (non-hydrogen) atoms. The van der Waals surface area contributed by atoms with Crippen LogP contribution in [-0.2, 0) is 10.2 Å². The maximum atomic E-state index is 13.0. The second-order valence-corrected chi connectivity index (χ2v) is 9.26. The first-order valence-corrected chi connectivity index (χ1v) is 10.9. The average molecular weight is 447 g/mol. The van der Waals surface area contributed by atoms with Gasteiger partial charge < -0.3 is 19.5 Å². The van der Waals surface area contributed by atoms with Crippen LogP contribution in [0.3, 0.4) is 0 Å². The summed E-state index contributed by atoms with van der Waals surface area (Å²) in [5, 5.41) is 7.57. The summed E-state index contributed by atoms with van der Waals surface area (Å²) < 4.78 is 10.9. The SMILES string of the molecule is COc1ccc(Cl)cc1C(=O)N[C@@H]1C[C@H]2CN(C(=O)C(C)C)C[C@@]2(c2nc(C)no2)C1. The minimum Gasteiger partial charge on any atom is -0.496 e. The zero-order valence-corrected chi connectivity index (χ0v) is 18.9. The first-order chi connectivity index (χ1) is 14.7. The lowest BCUT2D eigenvalue weighted by Gasteiger charge is -2.26. The van der Waals surface area contributed by atoms with E-state index in [0.29, 0.717) is 47.6 Å². The van der Waals surface area contributed by atoms with E-state index in [1.54, 1.807) is 25.1 Å². The summed E-state index contributed by atoms with van der Waals surface area (Å²) in [7, 11) is 1.52. The summed E-state index contributed by atoms with van der Waals surface area (Å²) in [5.41, 5.74) is -0.0614. The molecule has 4 rings (SSSR count). The van der Waals surface area contributed by atoms with Gasteiger partial charge in [-0.05, 0) is 43.9 Å². The molecule has 2 heterocycles. The summed E-state index contributed by atoms with van der Waals surface area (Å²) in [6.45, 7) is 6.72. The lowest BCUT2D eigenvalue weighted by molar-refractivity contribution is -0.133. The fraction of sp³-hybridized carbons (Fsp3) is 0.545. The van der Waals surface area contributed by atoms with Crippen molar-refractivity contribution >= 4 is 23.4 Å². The van der Waals surface area contributed by atoms with Crippen LogP contribution in [0.25, 0.3) is 0 Å². The standard InChI is InChI=1S/C22H27ClN4O4/c1-12(2)20(29)27-10-14-7-16(9-22(14,11-27)21-24-13(3)26-31-21)25-19(28)17-8-15(23)5-6-18(17)30-4/h5-6,8,12,14,16H,7,9-11H2,1-4H3,(H,25,28)/t14-,16+,22-/m0/s1. The molecule has 0 radical (unpaired) electrons. The summed E-state index contributed by atoms with van der Waals surface area (Å²) in [6, 6.07) is 4.87. The van der Waals surface area contributed by atoms with Gasteiger partial charge in [0.1, 0.15) is 5.75 Å². The molecule has 1 aromatic carbocycles. The van der Waals surface area contributed by atoms with E-state index in [9.17, 15) is 9.59 Å². The van der Waals surface area contributed by atoms with Crippen molar-refractivity contribution < 1.29 is 18.8 Å². The lowest BCUT2D eigenvalue weighted by atomic mass is 9.80. The Labute approximate surface area is 186 Å². The molecule has 0 bridgehead atoms. The maximum absolute atomic E-state index is 13.0. The topological polar surface area (TPSA) is 97.6 Å². The number of likely N-dealkylation sites (tertiary alicyclic amines) is 1. The van der Waals surface area contributed by atoms with Crippen molar-refractivity contribution in [2.45, 2.75) is 45.1 Å². The highest BCUT2D eigenvalue weighted by molar-refractivity contribution is 6.31. The van der Waals surface area contributed by atoms with Crippen LogP contribution in [0.5, 0.6) is 5.75 Å². The number of amides is 2. The number of hydrogen-bond acceptors (Lipinski definition) is 6. The Bertz CT molecular complexity index is 1010. The molecule has 2 aromatic rings. The van der Waals surface area contributed by atoms with Gasteiger partial charge in [-0.1, -0.05) is 30.6 Å². The molecule has 1 aliphatic carbocycles. The Morgan fingerprint density at radius 3 is 2.81 bits per heavy atom. The summed E-state index contributed by atoms with van der Waals surface area (Å²) in [5.74, 6) is 1.51. The van der Waals surface area contributed by atoms with Crippen LogP contribution in [0, 0.1) is 18.8 Å². The molecule has 0 spiro atoms. The Kier molecular flexibility index (Phi) is 5.68. The van der Waals surface area contributed by atoms with E-state index >= 15 is 0 Å². The monoisotopic (exact) mass is 446 g/mol. The molecule has 3 atom stereocenters. The first-order valence-electron chi connectivity index (χ1n) is 10.5. The number of ether oxygens (including phenoxy) is 1. The molecule has 1 N–H and O–H groups in total. The third kappa shape index (κ3) is 3.89. The quantitative estimate of drug-likeness (QED) is 0.758. The third-order valence-corrected chi connectivity index (χ3v) is 6.61. The van der Waals surface area contributed by atoms with Crippen LogP contribution >= 0.6 is 11.6 Å². The van der Waals surface area contributed by atoms with E-state index in [1.165, 1.54) is 7.11 Å². The summed E-state index contributed by atoms with van der Waals surface area (Å²) >= 11 is 6.09. The van der Waals surface area contributed by atoms with Gasteiger partial charge in [-0.15, -0.1) is 0 Å². The average Bonchev–Trinajstić information content (AvgIpc) is 3.39. The number of aromatic nitrogens is 2. The molecule has 1 aliphatic heterocycles. The Morgan fingerprint density at radius 2 is 2.16 bits per heavy atom. The molecule has 2 amide bonds. The number of aryl methyl sites for hydroxylation is 1. The summed E-state index contributed by atoms with van der Waals surface area (Å²) in [6.07, 6.45) is 1.34. The molecule has 1 aromatic heterocycles. The molecule has 166 valence electrons. The zero-order valence-electron chi connectivity index (χ0n) is 18.1. The minimum atomic E-state index is -0.456. The number of carbonyl (C=O) groups excluding carboxylic acids is 2. The van der Waals surface area contributed by atoms with E-state index < -0.39 is 5.41 Å². The number of methoxy groups -OCH3 is 1. The third-order valence-electron chi connectivity index (χ3n) is 6.38. The molecular formula is C22H27ClN4O4. The van der Waals surface area contributed by atoms with E-state index in [2.05, 4.69) is 15.5 Å². The number of nitrogens with zero attached hydrogens (tertiary/aromatic N) is 3. The predicted octanol–water partition coefficient (Wildman–Crippen LogP) is 2.98. The van der Waals surface area contributed by atoms with Gasteiger partial charge in [0.15, 0.2) is 5.82 Å². The largest absolute Gasteiger partial charge is 0.496 e. The molecule has 8 nitrogen and oxygen atoms in total. The van der Waals surface area contributed by atoms with Gasteiger partial charge in [0, 0.05) is 30.1 Å². The first kappa shape index (κ1) is 21.6. The van der Waals surface area contributed by atoms with E-state index in [0.717, 1.165) is 6.42 Å². The number of fused-ring (bicyclic) bond motifs is 1. The van der Waals surface area contributed by atoms with E-state index in [1.807, 2.05) is 18.7 Å². The number of benzene rings is 1. The maximum Gasteiger partial charge on any atom is 0.255 e. The van der Waals surface area contributed by atoms with Crippen molar-refractivity contribution in [1.29, 1.82) is 0 Å². The second-order valence-electron chi connectivity index (χ2n) is 8.83. The van der Waals surface area contributed by atoms with Crippen LogP contribution in [0.4, 0.5) is 0 Å². The van der Waals surface area contributed by atoms with Crippen molar-refractivity contribution in [2.75, 3.05) is 20.2 Å². The normalized spacial score (nSPS) is 25.0. The van der Waals surface area contributed by atoms with E-state index in [4.69, 9.17) is 20.9 Å². The number of rotatable bonds is 5. The Morgan fingerprint density at radius 1 is 1.39 bits per heavy atom. The molecule has 1 saturated heterocycles. The number of hydrogen-bond donors (Lipinski definition) is 1. The van der Waals surface area contributed by atoms with Crippen molar-refractivity contribution in [3.8, 4) is 5.75 Å². The highest BCUT2D eigenvalue weighted by Gasteiger charge is 2.58. The minimum absolute atomic E-state index is 0.0777. The van der Waals surface area contributed by atoms with Gasteiger partial charge >= 0.3 is 0 Å². The fourth-order valence-corrected chi connectivity index (χ4v) is 5.14. The number of nitrogens with one attached hydrogen (secondary N) is 1. The number of carbonyl (C=O) groups is 2. The van der Waals surface area contributed by atoms with Crippen LogP contribution in [0.15, 0.2) is 22.7 Å². The smallest absolute Gasteiger partial charge is 0.255 e. The number of halogens is 1. The molecular weight excluding hydrogens is 420 g/mol. The van der Waals surface area contributed by atoms with Crippen LogP contribution in [0.1, 0.15) is 48.8 Å².